The van der Waals surface area contributed by atoms with Crippen molar-refractivity contribution < 1.29 is 19.2 Å². The summed E-state index contributed by atoms with van der Waals surface area (Å²) in [7, 11) is 2.95. The molecule has 19 heavy (non-hydrogen) atoms. The van der Waals surface area contributed by atoms with E-state index in [2.05, 4.69) is 5.32 Å². The molecule has 1 rings (SSSR count). The summed E-state index contributed by atoms with van der Waals surface area (Å²) in [5.74, 6) is -0.324. The molecule has 0 fully saturated rings. The average molecular weight is 286 g/mol. The summed E-state index contributed by atoms with van der Waals surface area (Å²) >= 11 is 1.00. The summed E-state index contributed by atoms with van der Waals surface area (Å²) in [4.78, 5) is 22.1. The molecule has 104 valence electrons. The first-order valence-electron chi connectivity index (χ1n) is 5.32. The van der Waals surface area contributed by atoms with Crippen LogP contribution in [0, 0.1) is 10.1 Å². The first kappa shape index (κ1) is 15.3. The number of nitrogens with zero attached hydrogens (tertiary/aromatic N) is 1. The summed E-state index contributed by atoms with van der Waals surface area (Å²) in [5, 5.41) is 13.1. The van der Waals surface area contributed by atoms with Gasteiger partial charge >= 0.3 is 5.00 Å². The molecule has 0 atom stereocenters. The van der Waals surface area contributed by atoms with Gasteiger partial charge in [0.25, 0.3) is 0 Å². The van der Waals surface area contributed by atoms with Gasteiger partial charge in [-0.3, -0.25) is 14.9 Å². The van der Waals surface area contributed by atoms with Gasteiger partial charge in [0.1, 0.15) is 0 Å². The van der Waals surface area contributed by atoms with Crippen LogP contribution in [0.5, 0.6) is 0 Å². The quantitative estimate of drug-likeness (QED) is 0.354. The lowest BCUT2D eigenvalue weighted by molar-refractivity contribution is -0.380. The van der Waals surface area contributed by atoms with Crippen LogP contribution < -0.4 is 5.32 Å². The fourth-order valence-corrected chi connectivity index (χ4v) is 1.92. The number of nitrogens with one attached hydrogen (secondary N) is 1. The predicted molar refractivity (Wildman–Crippen MR) is 70.8 cm³/mol. The van der Waals surface area contributed by atoms with Gasteiger partial charge in [0.05, 0.1) is 11.5 Å². The molecule has 1 N–H and O–H groups in total. The number of thiophene rings is 1. The van der Waals surface area contributed by atoms with Crippen molar-refractivity contribution in [1.29, 1.82) is 0 Å². The van der Waals surface area contributed by atoms with Gasteiger partial charge in [0.2, 0.25) is 5.91 Å². The lowest BCUT2D eigenvalue weighted by atomic mass is 10.4. The molecular formula is C11H14N2O5S. The van der Waals surface area contributed by atoms with Gasteiger partial charge in [-0.2, -0.15) is 0 Å². The summed E-state index contributed by atoms with van der Waals surface area (Å²) < 4.78 is 9.82. The van der Waals surface area contributed by atoms with E-state index in [9.17, 15) is 14.9 Å². The van der Waals surface area contributed by atoms with Gasteiger partial charge in [-0.05, 0) is 12.1 Å². The Labute approximate surface area is 114 Å². The van der Waals surface area contributed by atoms with E-state index in [1.165, 1.54) is 32.4 Å². The first-order valence-corrected chi connectivity index (χ1v) is 6.14. The molecule has 0 saturated carbocycles. The number of methoxy groups -OCH3 is 2. The summed E-state index contributed by atoms with van der Waals surface area (Å²) in [6.07, 6.45) is 2.32. The minimum atomic E-state index is -0.500. The highest BCUT2D eigenvalue weighted by atomic mass is 32.1. The average Bonchev–Trinajstić information content (AvgIpc) is 2.86. The molecule has 8 heteroatoms. The van der Waals surface area contributed by atoms with Gasteiger partial charge in [-0.1, -0.05) is 11.3 Å². The zero-order valence-electron chi connectivity index (χ0n) is 10.5. The third-order valence-electron chi connectivity index (χ3n) is 2.16. The molecule has 1 amide bonds. The molecule has 0 bridgehead atoms. The molecule has 1 heterocycles. The molecule has 0 aliphatic rings. The normalized spacial score (nSPS) is 11.1. The number of carbonyl (C=O) groups is 1. The van der Waals surface area contributed by atoms with Crippen LogP contribution in [0.4, 0.5) is 5.00 Å². The van der Waals surface area contributed by atoms with Crippen LogP contribution in [-0.2, 0) is 14.3 Å². The van der Waals surface area contributed by atoms with Crippen LogP contribution in [0.25, 0.3) is 6.08 Å². The molecule has 0 saturated heterocycles. The summed E-state index contributed by atoms with van der Waals surface area (Å²) in [6, 6.07) is 2.98. The number of carbonyl (C=O) groups excluding carboxylic acids is 1. The van der Waals surface area contributed by atoms with Gasteiger partial charge in [-0.15, -0.1) is 0 Å². The molecule has 0 spiro atoms. The van der Waals surface area contributed by atoms with Crippen LogP contribution in [0.1, 0.15) is 4.88 Å². The van der Waals surface area contributed by atoms with Crippen molar-refractivity contribution in [3.8, 4) is 0 Å². The Kier molecular flexibility index (Phi) is 6.13. The SMILES string of the molecule is COC(CNC(=O)/C=C/c1ccc([N+](=O)[O-])s1)OC. The maximum Gasteiger partial charge on any atom is 0.324 e. The highest BCUT2D eigenvalue weighted by molar-refractivity contribution is 7.16. The fraction of sp³-hybridized carbons (Fsp3) is 0.364. The molecule has 0 unspecified atom stereocenters. The Hall–Kier alpha value is -1.77. The summed E-state index contributed by atoms with van der Waals surface area (Å²) in [6.45, 7) is 0.223. The molecule has 1 aromatic rings. The van der Waals surface area contributed by atoms with Crippen molar-refractivity contribution >= 4 is 28.3 Å². The molecular weight excluding hydrogens is 272 g/mol. The van der Waals surface area contributed by atoms with Crippen molar-refractivity contribution in [2.75, 3.05) is 20.8 Å². The number of nitro groups is 1. The Morgan fingerprint density at radius 1 is 1.53 bits per heavy atom. The van der Waals surface area contributed by atoms with Gasteiger partial charge in [-0.25, -0.2) is 0 Å². The smallest absolute Gasteiger partial charge is 0.324 e. The molecule has 0 radical (unpaired) electrons. The molecule has 0 aliphatic carbocycles. The van der Waals surface area contributed by atoms with E-state index in [4.69, 9.17) is 9.47 Å². The van der Waals surface area contributed by atoms with Crippen LogP contribution in [-0.4, -0.2) is 37.9 Å². The number of hydrogen-bond donors (Lipinski definition) is 1. The lowest BCUT2D eigenvalue weighted by Crippen LogP contribution is -2.33. The Balaban J connectivity index is 2.46. The largest absolute Gasteiger partial charge is 0.354 e. The maximum absolute atomic E-state index is 11.5. The highest BCUT2D eigenvalue weighted by Gasteiger charge is 2.08. The number of amides is 1. The minimum absolute atomic E-state index is 0.0406. The third kappa shape index (κ3) is 5.16. The van der Waals surface area contributed by atoms with Crippen LogP contribution in [0.15, 0.2) is 18.2 Å². The van der Waals surface area contributed by atoms with Crippen LogP contribution >= 0.6 is 11.3 Å². The maximum atomic E-state index is 11.5. The van der Waals surface area contributed by atoms with E-state index in [-0.39, 0.29) is 17.5 Å². The topological polar surface area (TPSA) is 90.7 Å². The fourth-order valence-electron chi connectivity index (χ4n) is 1.19. The molecule has 7 nitrogen and oxygen atoms in total. The van der Waals surface area contributed by atoms with E-state index >= 15 is 0 Å². The number of hydrogen-bond acceptors (Lipinski definition) is 6. The molecule has 0 aliphatic heterocycles. The van der Waals surface area contributed by atoms with Gasteiger partial charge in [0.15, 0.2) is 6.29 Å². The van der Waals surface area contributed by atoms with Gasteiger partial charge < -0.3 is 14.8 Å². The standard InChI is InChI=1S/C11H14N2O5S/c1-17-11(18-2)7-12-9(14)5-3-8-4-6-10(19-8)13(15)16/h3-6,11H,7H2,1-2H3,(H,12,14)/b5-3+. The number of rotatable bonds is 7. The Bertz CT molecular complexity index is 467. The molecule has 1 aromatic heterocycles. The van der Waals surface area contributed by atoms with Crippen molar-refractivity contribution in [3.05, 3.63) is 33.2 Å². The van der Waals surface area contributed by atoms with E-state index in [0.29, 0.717) is 4.88 Å². The molecule has 0 aromatic carbocycles. The van der Waals surface area contributed by atoms with Crippen LogP contribution in [0.3, 0.4) is 0 Å². The monoisotopic (exact) mass is 286 g/mol. The van der Waals surface area contributed by atoms with Crippen LogP contribution in [0.2, 0.25) is 0 Å². The number of ether oxygens (including phenoxy) is 2. The second kappa shape index (κ2) is 7.62. The van der Waals surface area contributed by atoms with Crippen molar-refractivity contribution in [2.45, 2.75) is 6.29 Å². The van der Waals surface area contributed by atoms with Crippen molar-refractivity contribution in [2.24, 2.45) is 0 Å². The van der Waals surface area contributed by atoms with E-state index in [0.717, 1.165) is 11.3 Å². The zero-order chi connectivity index (χ0) is 14.3. The highest BCUT2D eigenvalue weighted by Crippen LogP contribution is 2.24. The second-order valence-corrected chi connectivity index (χ2v) is 4.51. The second-order valence-electron chi connectivity index (χ2n) is 3.41. The van der Waals surface area contributed by atoms with E-state index < -0.39 is 11.2 Å². The van der Waals surface area contributed by atoms with E-state index in [1.807, 2.05) is 0 Å². The van der Waals surface area contributed by atoms with Crippen molar-refractivity contribution in [1.82, 2.24) is 5.32 Å². The van der Waals surface area contributed by atoms with Crippen molar-refractivity contribution in [3.63, 3.8) is 0 Å². The predicted octanol–water partition coefficient (Wildman–Crippen LogP) is 1.40. The minimum Gasteiger partial charge on any atom is -0.354 e. The van der Waals surface area contributed by atoms with E-state index in [1.54, 1.807) is 6.07 Å². The zero-order valence-corrected chi connectivity index (χ0v) is 11.3. The third-order valence-corrected chi connectivity index (χ3v) is 3.16. The Morgan fingerprint density at radius 3 is 2.74 bits per heavy atom. The van der Waals surface area contributed by atoms with Gasteiger partial charge in [0, 0.05) is 31.2 Å². The summed E-state index contributed by atoms with van der Waals surface area (Å²) in [5.41, 5.74) is 0. The lowest BCUT2D eigenvalue weighted by Gasteiger charge is -2.12. The Morgan fingerprint density at radius 2 is 2.21 bits per heavy atom. The first-order chi connectivity index (χ1) is 9.06.